The van der Waals surface area contributed by atoms with E-state index in [1.807, 2.05) is 0 Å². The van der Waals surface area contributed by atoms with Gasteiger partial charge in [0.25, 0.3) is 5.91 Å². The Morgan fingerprint density at radius 3 is 2.44 bits per heavy atom. The van der Waals surface area contributed by atoms with Gasteiger partial charge >= 0.3 is 6.18 Å². The quantitative estimate of drug-likeness (QED) is 0.618. The molecule has 0 unspecified atom stereocenters. The van der Waals surface area contributed by atoms with Crippen LogP contribution in [0.3, 0.4) is 0 Å². The molecule has 0 saturated carbocycles. The van der Waals surface area contributed by atoms with Gasteiger partial charge in [-0.3, -0.25) is 9.78 Å². The summed E-state index contributed by atoms with van der Waals surface area (Å²) in [5, 5.41) is 2.55. The van der Waals surface area contributed by atoms with Crippen LogP contribution in [0.15, 0.2) is 60.8 Å². The molecule has 3 aromatic rings. The van der Waals surface area contributed by atoms with E-state index in [0.29, 0.717) is 16.9 Å². The lowest BCUT2D eigenvalue weighted by Crippen LogP contribution is -2.12. The molecular weight excluding hydrogens is 360 g/mol. The molecule has 7 heteroatoms. The molecule has 138 valence electrons. The van der Waals surface area contributed by atoms with Crippen molar-refractivity contribution in [1.29, 1.82) is 0 Å². The molecular formula is C20H14F4N2O. The van der Waals surface area contributed by atoms with Crippen molar-refractivity contribution >= 4 is 11.6 Å². The van der Waals surface area contributed by atoms with Crippen LogP contribution in [0, 0.1) is 12.7 Å². The van der Waals surface area contributed by atoms with Crippen LogP contribution in [0.4, 0.5) is 23.2 Å². The van der Waals surface area contributed by atoms with Gasteiger partial charge in [-0.15, -0.1) is 0 Å². The average molecular weight is 374 g/mol. The summed E-state index contributed by atoms with van der Waals surface area (Å²) < 4.78 is 52.0. The van der Waals surface area contributed by atoms with Crippen molar-refractivity contribution in [3.8, 4) is 11.3 Å². The number of aryl methyl sites for hydroxylation is 1. The van der Waals surface area contributed by atoms with Crippen molar-refractivity contribution in [1.82, 2.24) is 4.98 Å². The molecule has 0 aliphatic heterocycles. The molecule has 0 radical (unpaired) electrons. The number of carbonyl (C=O) groups excluding carboxylic acids is 1. The minimum atomic E-state index is -4.45. The highest BCUT2D eigenvalue weighted by atomic mass is 19.4. The second-order valence-corrected chi connectivity index (χ2v) is 5.93. The Kier molecular flexibility index (Phi) is 4.94. The van der Waals surface area contributed by atoms with E-state index in [0.717, 1.165) is 12.1 Å². The minimum Gasteiger partial charge on any atom is -0.322 e. The third-order valence-corrected chi connectivity index (χ3v) is 3.94. The van der Waals surface area contributed by atoms with E-state index in [2.05, 4.69) is 10.3 Å². The topological polar surface area (TPSA) is 42.0 Å². The first-order valence-electron chi connectivity index (χ1n) is 7.95. The third-order valence-electron chi connectivity index (χ3n) is 3.94. The number of carbonyl (C=O) groups is 1. The number of benzene rings is 2. The average Bonchev–Trinajstić information content (AvgIpc) is 2.64. The van der Waals surface area contributed by atoms with Crippen LogP contribution in [0.5, 0.6) is 0 Å². The lowest BCUT2D eigenvalue weighted by molar-refractivity contribution is -0.137. The maximum Gasteiger partial charge on any atom is 0.416 e. The molecule has 3 nitrogen and oxygen atoms in total. The van der Waals surface area contributed by atoms with Crippen molar-refractivity contribution in [2.45, 2.75) is 13.1 Å². The Bertz CT molecular complexity index is 982. The predicted molar refractivity (Wildman–Crippen MR) is 93.8 cm³/mol. The van der Waals surface area contributed by atoms with Crippen molar-refractivity contribution < 1.29 is 22.4 Å². The summed E-state index contributed by atoms with van der Waals surface area (Å²) in [6.07, 6.45) is -3.19. The molecule has 0 fully saturated rings. The number of pyridine rings is 1. The van der Waals surface area contributed by atoms with Gasteiger partial charge in [0, 0.05) is 17.4 Å². The molecule has 0 spiro atoms. The summed E-state index contributed by atoms with van der Waals surface area (Å²) in [5.74, 6) is -0.938. The zero-order valence-corrected chi connectivity index (χ0v) is 14.1. The second kappa shape index (κ2) is 7.19. The van der Waals surface area contributed by atoms with Gasteiger partial charge in [0.05, 0.1) is 16.8 Å². The van der Waals surface area contributed by atoms with Crippen molar-refractivity contribution in [2.24, 2.45) is 0 Å². The van der Waals surface area contributed by atoms with Crippen LogP contribution in [-0.4, -0.2) is 10.9 Å². The van der Waals surface area contributed by atoms with Gasteiger partial charge in [0.1, 0.15) is 5.82 Å². The van der Waals surface area contributed by atoms with Crippen LogP contribution in [-0.2, 0) is 6.18 Å². The fourth-order valence-corrected chi connectivity index (χ4v) is 2.43. The standard InChI is InChI=1S/C20H14F4N2O/c1-12-5-7-16(10-17(12)21)26-19(27)14-6-8-18(25-11-14)13-3-2-4-15(9-13)20(22,23)24/h2-11H,1H3,(H,26,27). The van der Waals surface area contributed by atoms with E-state index in [9.17, 15) is 22.4 Å². The molecule has 1 amide bonds. The number of nitrogens with zero attached hydrogens (tertiary/aromatic N) is 1. The third kappa shape index (κ3) is 4.31. The molecule has 1 aromatic heterocycles. The fourth-order valence-electron chi connectivity index (χ4n) is 2.43. The molecule has 0 aliphatic carbocycles. The molecule has 0 atom stereocenters. The van der Waals surface area contributed by atoms with Gasteiger partial charge < -0.3 is 5.32 Å². The van der Waals surface area contributed by atoms with Crippen LogP contribution >= 0.6 is 0 Å². The highest BCUT2D eigenvalue weighted by Gasteiger charge is 2.30. The number of amides is 1. The summed E-state index contributed by atoms with van der Waals surface area (Å²) in [6.45, 7) is 1.61. The maximum atomic E-state index is 13.5. The number of halogens is 4. The highest BCUT2D eigenvalue weighted by Crippen LogP contribution is 2.31. The summed E-state index contributed by atoms with van der Waals surface area (Å²) in [4.78, 5) is 16.3. The maximum absolute atomic E-state index is 13.5. The number of anilines is 1. The van der Waals surface area contributed by atoms with E-state index in [4.69, 9.17) is 0 Å². The zero-order valence-electron chi connectivity index (χ0n) is 14.1. The van der Waals surface area contributed by atoms with Crippen LogP contribution in [0.2, 0.25) is 0 Å². The van der Waals surface area contributed by atoms with E-state index in [-0.39, 0.29) is 11.1 Å². The highest BCUT2D eigenvalue weighted by molar-refractivity contribution is 6.04. The van der Waals surface area contributed by atoms with Crippen LogP contribution in [0.25, 0.3) is 11.3 Å². The first kappa shape index (κ1) is 18.6. The Morgan fingerprint density at radius 1 is 1.04 bits per heavy atom. The van der Waals surface area contributed by atoms with Crippen LogP contribution < -0.4 is 5.32 Å². The SMILES string of the molecule is Cc1ccc(NC(=O)c2ccc(-c3cccc(C(F)(F)F)c3)nc2)cc1F. The fraction of sp³-hybridized carbons (Fsp3) is 0.100. The summed E-state index contributed by atoms with van der Waals surface area (Å²) in [6, 6.07) is 12.0. The Morgan fingerprint density at radius 2 is 1.81 bits per heavy atom. The minimum absolute atomic E-state index is 0.201. The van der Waals surface area contributed by atoms with Crippen molar-refractivity contribution in [3.05, 3.63) is 83.3 Å². The Balaban J connectivity index is 1.79. The Labute approximate surface area is 152 Å². The van der Waals surface area contributed by atoms with Gasteiger partial charge in [0.15, 0.2) is 0 Å². The molecule has 0 aliphatic rings. The zero-order chi connectivity index (χ0) is 19.6. The number of hydrogen-bond acceptors (Lipinski definition) is 2. The number of nitrogens with one attached hydrogen (secondary N) is 1. The number of alkyl halides is 3. The number of hydrogen-bond donors (Lipinski definition) is 1. The lowest BCUT2D eigenvalue weighted by atomic mass is 10.1. The van der Waals surface area contributed by atoms with Gasteiger partial charge in [-0.25, -0.2) is 4.39 Å². The normalized spacial score (nSPS) is 11.3. The van der Waals surface area contributed by atoms with E-state index >= 15 is 0 Å². The van der Waals surface area contributed by atoms with Gasteiger partial charge in [-0.1, -0.05) is 18.2 Å². The van der Waals surface area contributed by atoms with Gasteiger partial charge in [-0.05, 0) is 48.9 Å². The summed E-state index contributed by atoms with van der Waals surface area (Å²) >= 11 is 0. The smallest absolute Gasteiger partial charge is 0.322 e. The van der Waals surface area contributed by atoms with Crippen molar-refractivity contribution in [3.63, 3.8) is 0 Å². The summed E-state index contributed by atoms with van der Waals surface area (Å²) in [7, 11) is 0. The van der Waals surface area contributed by atoms with E-state index in [1.54, 1.807) is 19.1 Å². The van der Waals surface area contributed by atoms with E-state index < -0.39 is 23.5 Å². The van der Waals surface area contributed by atoms with Crippen LogP contribution in [0.1, 0.15) is 21.5 Å². The summed E-state index contributed by atoms with van der Waals surface area (Å²) in [5.41, 5.74) is 0.776. The predicted octanol–water partition coefficient (Wildman–Crippen LogP) is 5.47. The molecule has 2 aromatic carbocycles. The first-order valence-corrected chi connectivity index (χ1v) is 7.95. The largest absolute Gasteiger partial charge is 0.416 e. The molecule has 0 saturated heterocycles. The second-order valence-electron chi connectivity index (χ2n) is 5.93. The molecule has 1 heterocycles. The molecule has 27 heavy (non-hydrogen) atoms. The lowest BCUT2D eigenvalue weighted by Gasteiger charge is -2.09. The Hall–Kier alpha value is -3.22. The monoisotopic (exact) mass is 374 g/mol. The van der Waals surface area contributed by atoms with Gasteiger partial charge in [0.2, 0.25) is 0 Å². The molecule has 1 N–H and O–H groups in total. The number of aromatic nitrogens is 1. The molecule has 0 bridgehead atoms. The van der Waals surface area contributed by atoms with Crippen molar-refractivity contribution in [2.75, 3.05) is 5.32 Å². The molecule has 3 rings (SSSR count). The number of rotatable bonds is 3. The first-order chi connectivity index (χ1) is 12.7. The van der Waals surface area contributed by atoms with Gasteiger partial charge in [-0.2, -0.15) is 13.2 Å². The van der Waals surface area contributed by atoms with E-state index in [1.165, 1.54) is 36.5 Å².